The van der Waals surface area contributed by atoms with Crippen LogP contribution in [0.2, 0.25) is 0 Å². The quantitative estimate of drug-likeness (QED) is 0.805. The summed E-state index contributed by atoms with van der Waals surface area (Å²) in [6, 6.07) is 0. The highest BCUT2D eigenvalue weighted by Gasteiger charge is 2.39. The summed E-state index contributed by atoms with van der Waals surface area (Å²) >= 11 is 0. The molecule has 0 saturated heterocycles. The summed E-state index contributed by atoms with van der Waals surface area (Å²) in [5.41, 5.74) is -0.553. The number of aryl methyl sites for hydroxylation is 1. The fourth-order valence-electron chi connectivity index (χ4n) is 2.82. The zero-order valence-corrected chi connectivity index (χ0v) is 11.3. The Morgan fingerprint density at radius 2 is 2.17 bits per heavy atom. The van der Waals surface area contributed by atoms with Crippen LogP contribution in [0, 0.1) is 0 Å². The maximum absolute atomic E-state index is 12.5. The Kier molecular flexibility index (Phi) is 4.17. The average molecular weight is 250 g/mol. The minimum Gasteiger partial charge on any atom is -0.370 e. The molecule has 0 aromatic carbocycles. The van der Waals surface area contributed by atoms with Crippen molar-refractivity contribution in [3.05, 3.63) is 18.2 Å². The average Bonchev–Trinajstić information content (AvgIpc) is 2.86. The molecule has 1 aromatic rings. The number of rotatable bonds is 5. The molecule has 0 bridgehead atoms. The SMILES string of the molecule is CCn1ccnc1CC(=O)C1(OC)CCCCC1. The van der Waals surface area contributed by atoms with Crippen molar-refractivity contribution in [3.8, 4) is 0 Å². The highest BCUT2D eigenvalue weighted by molar-refractivity contribution is 5.88. The van der Waals surface area contributed by atoms with Crippen LogP contribution in [0.15, 0.2) is 12.4 Å². The first-order valence-electron chi connectivity index (χ1n) is 6.80. The van der Waals surface area contributed by atoms with E-state index in [2.05, 4.69) is 11.9 Å². The van der Waals surface area contributed by atoms with Gasteiger partial charge in [-0.25, -0.2) is 4.98 Å². The van der Waals surface area contributed by atoms with Crippen molar-refractivity contribution in [1.82, 2.24) is 9.55 Å². The molecule has 100 valence electrons. The fourth-order valence-corrected chi connectivity index (χ4v) is 2.82. The molecule has 0 aliphatic heterocycles. The molecule has 0 radical (unpaired) electrons. The summed E-state index contributed by atoms with van der Waals surface area (Å²) in [6.07, 6.45) is 9.15. The Balaban J connectivity index is 2.10. The molecule has 0 unspecified atom stereocenters. The van der Waals surface area contributed by atoms with E-state index < -0.39 is 5.60 Å². The molecule has 0 N–H and O–H groups in total. The lowest BCUT2D eigenvalue weighted by molar-refractivity contribution is -0.144. The largest absolute Gasteiger partial charge is 0.370 e. The van der Waals surface area contributed by atoms with Crippen molar-refractivity contribution in [1.29, 1.82) is 0 Å². The number of imidazole rings is 1. The van der Waals surface area contributed by atoms with Gasteiger partial charge in [-0.3, -0.25) is 4.79 Å². The lowest BCUT2D eigenvalue weighted by atomic mass is 9.80. The highest BCUT2D eigenvalue weighted by atomic mass is 16.5. The molecule has 1 aromatic heterocycles. The van der Waals surface area contributed by atoms with Gasteiger partial charge < -0.3 is 9.30 Å². The van der Waals surface area contributed by atoms with E-state index in [0.717, 1.165) is 38.1 Å². The minimum absolute atomic E-state index is 0.186. The molecule has 1 fully saturated rings. The molecule has 1 heterocycles. The molecule has 0 spiro atoms. The first-order chi connectivity index (χ1) is 8.72. The Morgan fingerprint density at radius 1 is 1.44 bits per heavy atom. The predicted octanol–water partition coefficient (Wildman–Crippen LogP) is 2.36. The number of hydrogen-bond donors (Lipinski definition) is 0. The molecular formula is C14H22N2O2. The first-order valence-corrected chi connectivity index (χ1v) is 6.80. The van der Waals surface area contributed by atoms with Crippen LogP contribution in [-0.4, -0.2) is 28.0 Å². The second-order valence-corrected chi connectivity index (χ2v) is 4.99. The van der Waals surface area contributed by atoms with Gasteiger partial charge in [0.2, 0.25) is 0 Å². The van der Waals surface area contributed by atoms with E-state index in [-0.39, 0.29) is 5.78 Å². The summed E-state index contributed by atoms with van der Waals surface area (Å²) in [4.78, 5) is 16.8. The molecule has 1 saturated carbocycles. The van der Waals surface area contributed by atoms with Crippen LogP contribution < -0.4 is 0 Å². The highest BCUT2D eigenvalue weighted by Crippen LogP contribution is 2.32. The third-order valence-corrected chi connectivity index (χ3v) is 4.02. The van der Waals surface area contributed by atoms with Crippen molar-refractivity contribution in [3.63, 3.8) is 0 Å². The smallest absolute Gasteiger partial charge is 0.172 e. The Hall–Kier alpha value is -1.16. The molecule has 18 heavy (non-hydrogen) atoms. The van der Waals surface area contributed by atoms with E-state index in [4.69, 9.17) is 4.74 Å². The van der Waals surface area contributed by atoms with Gasteiger partial charge in [-0.2, -0.15) is 0 Å². The number of methoxy groups -OCH3 is 1. The standard InChI is InChI=1S/C14H22N2O2/c1-3-16-10-9-15-13(16)11-12(17)14(18-2)7-5-4-6-8-14/h9-10H,3-8,11H2,1-2H3. The van der Waals surface area contributed by atoms with Crippen molar-refractivity contribution >= 4 is 5.78 Å². The summed E-state index contributed by atoms with van der Waals surface area (Å²) < 4.78 is 7.59. The number of ether oxygens (including phenoxy) is 1. The Morgan fingerprint density at radius 3 is 2.78 bits per heavy atom. The van der Waals surface area contributed by atoms with Crippen LogP contribution in [0.3, 0.4) is 0 Å². The van der Waals surface area contributed by atoms with Crippen LogP contribution in [0.1, 0.15) is 44.9 Å². The number of nitrogens with zero attached hydrogens (tertiary/aromatic N) is 2. The topological polar surface area (TPSA) is 44.1 Å². The van der Waals surface area contributed by atoms with E-state index >= 15 is 0 Å². The van der Waals surface area contributed by atoms with Gasteiger partial charge in [0, 0.05) is 26.0 Å². The molecule has 1 aliphatic carbocycles. The number of carbonyl (C=O) groups excluding carboxylic acids is 1. The van der Waals surface area contributed by atoms with Gasteiger partial charge in [-0.1, -0.05) is 19.3 Å². The number of aromatic nitrogens is 2. The molecule has 2 rings (SSSR count). The second-order valence-electron chi connectivity index (χ2n) is 4.99. The van der Waals surface area contributed by atoms with Crippen molar-refractivity contribution in [2.24, 2.45) is 0 Å². The summed E-state index contributed by atoms with van der Waals surface area (Å²) in [6.45, 7) is 2.91. The maximum Gasteiger partial charge on any atom is 0.172 e. The maximum atomic E-state index is 12.5. The van der Waals surface area contributed by atoms with Crippen LogP contribution in [0.4, 0.5) is 0 Å². The number of ketones is 1. The number of carbonyl (C=O) groups is 1. The zero-order valence-electron chi connectivity index (χ0n) is 11.3. The van der Waals surface area contributed by atoms with Gasteiger partial charge in [0.25, 0.3) is 0 Å². The van der Waals surface area contributed by atoms with Crippen molar-refractivity contribution in [2.75, 3.05) is 7.11 Å². The van der Waals surface area contributed by atoms with Gasteiger partial charge in [0.15, 0.2) is 5.78 Å². The van der Waals surface area contributed by atoms with E-state index in [1.165, 1.54) is 6.42 Å². The lowest BCUT2D eigenvalue weighted by Crippen LogP contribution is -2.43. The second kappa shape index (κ2) is 5.65. The van der Waals surface area contributed by atoms with Crippen LogP contribution in [-0.2, 0) is 22.5 Å². The molecular weight excluding hydrogens is 228 g/mol. The van der Waals surface area contributed by atoms with Crippen molar-refractivity contribution < 1.29 is 9.53 Å². The van der Waals surface area contributed by atoms with E-state index in [0.29, 0.717) is 6.42 Å². The number of hydrogen-bond acceptors (Lipinski definition) is 3. The minimum atomic E-state index is -0.553. The predicted molar refractivity (Wildman–Crippen MR) is 69.4 cm³/mol. The van der Waals surface area contributed by atoms with E-state index in [1.807, 2.05) is 10.8 Å². The van der Waals surface area contributed by atoms with Crippen LogP contribution in [0.5, 0.6) is 0 Å². The Bertz CT molecular complexity index is 406. The Labute approximate surface area is 108 Å². The van der Waals surface area contributed by atoms with Gasteiger partial charge in [0.05, 0.1) is 6.42 Å². The first kappa shape index (κ1) is 13.3. The third-order valence-electron chi connectivity index (χ3n) is 4.02. The van der Waals surface area contributed by atoms with Gasteiger partial charge in [0.1, 0.15) is 11.4 Å². The molecule has 4 heteroatoms. The fraction of sp³-hybridized carbons (Fsp3) is 0.714. The van der Waals surface area contributed by atoms with Crippen molar-refractivity contribution in [2.45, 2.75) is 57.6 Å². The molecule has 0 amide bonds. The van der Waals surface area contributed by atoms with Gasteiger partial charge in [-0.05, 0) is 19.8 Å². The van der Waals surface area contributed by atoms with E-state index in [1.54, 1.807) is 13.3 Å². The lowest BCUT2D eigenvalue weighted by Gasteiger charge is -2.34. The normalized spacial score (nSPS) is 18.8. The van der Waals surface area contributed by atoms with E-state index in [9.17, 15) is 4.79 Å². The zero-order chi connectivity index (χ0) is 13.0. The third kappa shape index (κ3) is 2.48. The summed E-state index contributed by atoms with van der Waals surface area (Å²) in [5.74, 6) is 1.04. The summed E-state index contributed by atoms with van der Waals surface area (Å²) in [5, 5.41) is 0. The monoisotopic (exact) mass is 250 g/mol. The molecule has 4 nitrogen and oxygen atoms in total. The molecule has 0 atom stereocenters. The van der Waals surface area contributed by atoms with Gasteiger partial charge in [-0.15, -0.1) is 0 Å². The van der Waals surface area contributed by atoms with Crippen LogP contribution in [0.25, 0.3) is 0 Å². The number of Topliss-reactive ketones (excluding diaryl/α,β-unsaturated/α-hetero) is 1. The summed E-state index contributed by atoms with van der Waals surface area (Å²) in [7, 11) is 1.66. The van der Waals surface area contributed by atoms with Gasteiger partial charge >= 0.3 is 0 Å². The van der Waals surface area contributed by atoms with Crippen LogP contribution >= 0.6 is 0 Å². The molecule has 1 aliphatic rings.